The summed E-state index contributed by atoms with van der Waals surface area (Å²) in [7, 11) is 1.83. The van der Waals surface area contributed by atoms with E-state index in [9.17, 15) is 4.79 Å². The van der Waals surface area contributed by atoms with E-state index < -0.39 is 0 Å². The Morgan fingerprint density at radius 3 is 2.91 bits per heavy atom. The highest BCUT2D eigenvalue weighted by atomic mass is 16.1. The van der Waals surface area contributed by atoms with Crippen LogP contribution in [0.15, 0.2) is 10.9 Å². The first-order valence-electron chi connectivity index (χ1n) is 3.81. The zero-order valence-electron chi connectivity index (χ0n) is 6.50. The van der Waals surface area contributed by atoms with E-state index in [0.29, 0.717) is 0 Å². The van der Waals surface area contributed by atoms with Crippen LogP contribution in [0.2, 0.25) is 0 Å². The van der Waals surface area contributed by atoms with E-state index in [4.69, 9.17) is 0 Å². The highest BCUT2D eigenvalue weighted by molar-refractivity contribution is 5.33. The van der Waals surface area contributed by atoms with Crippen molar-refractivity contribution in [2.45, 2.75) is 19.5 Å². The number of nitrogens with zero attached hydrogens (tertiary/aromatic N) is 2. The number of hydrogen-bond acceptors (Lipinski definition) is 2. The molecule has 0 spiro atoms. The van der Waals surface area contributed by atoms with Gasteiger partial charge in [0.25, 0.3) is 5.56 Å². The Morgan fingerprint density at radius 1 is 1.45 bits per heavy atom. The molecule has 0 fully saturated rings. The molecule has 2 heterocycles. The SMILES string of the molecule is CNc1cc(=O)n2n1CCC2. The van der Waals surface area contributed by atoms with Crippen molar-refractivity contribution in [3.63, 3.8) is 0 Å². The fourth-order valence-corrected chi connectivity index (χ4v) is 1.56. The molecule has 60 valence electrons. The first-order valence-corrected chi connectivity index (χ1v) is 3.81. The van der Waals surface area contributed by atoms with Gasteiger partial charge in [-0.3, -0.25) is 9.48 Å². The molecule has 1 aliphatic rings. The molecule has 0 aromatic carbocycles. The normalized spacial score (nSPS) is 15.0. The molecular formula is C7H11N3O. The summed E-state index contributed by atoms with van der Waals surface area (Å²) in [6.07, 6.45) is 1.07. The number of nitrogens with one attached hydrogen (secondary N) is 1. The minimum atomic E-state index is 0.104. The second-order valence-electron chi connectivity index (χ2n) is 2.72. The Kier molecular flexibility index (Phi) is 1.27. The number of fused-ring (bicyclic) bond motifs is 1. The lowest BCUT2D eigenvalue weighted by atomic mass is 10.4. The van der Waals surface area contributed by atoms with Crippen LogP contribution in [-0.4, -0.2) is 16.4 Å². The minimum absolute atomic E-state index is 0.104. The molecule has 4 heteroatoms. The van der Waals surface area contributed by atoms with E-state index in [0.717, 1.165) is 25.3 Å². The summed E-state index contributed by atoms with van der Waals surface area (Å²) in [6, 6.07) is 1.64. The molecule has 4 nitrogen and oxygen atoms in total. The van der Waals surface area contributed by atoms with Gasteiger partial charge in [0.1, 0.15) is 5.82 Å². The summed E-state index contributed by atoms with van der Waals surface area (Å²) in [4.78, 5) is 11.2. The van der Waals surface area contributed by atoms with Gasteiger partial charge in [0.15, 0.2) is 0 Å². The van der Waals surface area contributed by atoms with Crippen LogP contribution in [0.4, 0.5) is 5.82 Å². The molecule has 0 saturated carbocycles. The smallest absolute Gasteiger partial charge is 0.268 e. The molecule has 1 aliphatic heterocycles. The van der Waals surface area contributed by atoms with Gasteiger partial charge in [-0.15, -0.1) is 0 Å². The first-order chi connectivity index (χ1) is 5.33. The lowest BCUT2D eigenvalue weighted by Gasteiger charge is -2.02. The second-order valence-corrected chi connectivity index (χ2v) is 2.72. The molecule has 1 aromatic heterocycles. The van der Waals surface area contributed by atoms with Crippen LogP contribution in [-0.2, 0) is 13.1 Å². The summed E-state index contributed by atoms with van der Waals surface area (Å²) < 4.78 is 3.76. The third-order valence-electron chi connectivity index (χ3n) is 2.08. The quantitative estimate of drug-likeness (QED) is 0.621. The highest BCUT2D eigenvalue weighted by Gasteiger charge is 2.14. The number of anilines is 1. The maximum Gasteiger partial charge on any atom is 0.268 e. The monoisotopic (exact) mass is 153 g/mol. The summed E-state index contributed by atoms with van der Waals surface area (Å²) in [6.45, 7) is 1.82. The highest BCUT2D eigenvalue weighted by Crippen LogP contribution is 2.11. The Bertz CT molecular complexity index is 323. The molecule has 0 unspecified atom stereocenters. The standard InChI is InChI=1S/C7H11N3O/c1-8-6-5-7(11)10-4-2-3-9(6)10/h5,8H,2-4H2,1H3. The van der Waals surface area contributed by atoms with E-state index in [1.165, 1.54) is 0 Å². The van der Waals surface area contributed by atoms with E-state index in [1.54, 1.807) is 10.7 Å². The zero-order valence-corrected chi connectivity index (χ0v) is 6.50. The molecule has 0 radical (unpaired) electrons. The maximum absolute atomic E-state index is 11.2. The van der Waals surface area contributed by atoms with Gasteiger partial charge in [-0.1, -0.05) is 0 Å². The van der Waals surface area contributed by atoms with Gasteiger partial charge in [-0.05, 0) is 6.42 Å². The fraction of sp³-hybridized carbons (Fsp3) is 0.571. The van der Waals surface area contributed by atoms with Crippen LogP contribution in [0.5, 0.6) is 0 Å². The van der Waals surface area contributed by atoms with Gasteiger partial charge in [0.05, 0.1) is 0 Å². The zero-order chi connectivity index (χ0) is 7.84. The van der Waals surface area contributed by atoms with Crippen molar-refractivity contribution in [1.82, 2.24) is 9.36 Å². The predicted molar refractivity (Wildman–Crippen MR) is 42.9 cm³/mol. The Morgan fingerprint density at radius 2 is 2.18 bits per heavy atom. The number of hydrogen-bond donors (Lipinski definition) is 1. The van der Waals surface area contributed by atoms with Crippen LogP contribution >= 0.6 is 0 Å². The van der Waals surface area contributed by atoms with E-state index >= 15 is 0 Å². The van der Waals surface area contributed by atoms with Crippen LogP contribution in [0, 0.1) is 0 Å². The number of rotatable bonds is 1. The Labute approximate surface area is 64.4 Å². The molecule has 0 bridgehead atoms. The molecule has 1 N–H and O–H groups in total. The minimum Gasteiger partial charge on any atom is -0.373 e. The van der Waals surface area contributed by atoms with Gasteiger partial charge in [-0.25, -0.2) is 4.68 Å². The number of aromatic nitrogens is 2. The van der Waals surface area contributed by atoms with Crippen molar-refractivity contribution in [2.24, 2.45) is 0 Å². The summed E-state index contributed by atoms with van der Waals surface area (Å²) in [5.41, 5.74) is 0.104. The topological polar surface area (TPSA) is 39.0 Å². The van der Waals surface area contributed by atoms with Gasteiger partial charge in [0, 0.05) is 26.2 Å². The Hall–Kier alpha value is -1.19. The van der Waals surface area contributed by atoms with E-state index in [1.807, 2.05) is 11.7 Å². The Balaban J connectivity index is 2.61. The van der Waals surface area contributed by atoms with Crippen molar-refractivity contribution >= 4 is 5.82 Å². The van der Waals surface area contributed by atoms with Crippen LogP contribution < -0.4 is 10.9 Å². The first kappa shape index (κ1) is 6.52. The van der Waals surface area contributed by atoms with Crippen molar-refractivity contribution in [1.29, 1.82) is 0 Å². The largest absolute Gasteiger partial charge is 0.373 e. The second kappa shape index (κ2) is 2.15. The van der Waals surface area contributed by atoms with Crippen LogP contribution in [0.3, 0.4) is 0 Å². The molecule has 1 aromatic rings. The van der Waals surface area contributed by atoms with Crippen LogP contribution in [0.25, 0.3) is 0 Å². The van der Waals surface area contributed by atoms with Gasteiger partial charge in [0.2, 0.25) is 0 Å². The molecule has 11 heavy (non-hydrogen) atoms. The van der Waals surface area contributed by atoms with Crippen molar-refractivity contribution in [2.75, 3.05) is 12.4 Å². The van der Waals surface area contributed by atoms with Crippen molar-refractivity contribution in [3.8, 4) is 0 Å². The van der Waals surface area contributed by atoms with Crippen LogP contribution in [0.1, 0.15) is 6.42 Å². The van der Waals surface area contributed by atoms with Crippen molar-refractivity contribution in [3.05, 3.63) is 16.4 Å². The van der Waals surface area contributed by atoms with Crippen molar-refractivity contribution < 1.29 is 0 Å². The fourth-order valence-electron chi connectivity index (χ4n) is 1.56. The molecular weight excluding hydrogens is 142 g/mol. The summed E-state index contributed by atoms with van der Waals surface area (Å²) >= 11 is 0. The predicted octanol–water partition coefficient (Wildman–Crippen LogP) is 0.0952. The lowest BCUT2D eigenvalue weighted by Crippen LogP contribution is -2.15. The maximum atomic E-state index is 11.2. The molecule has 2 rings (SSSR count). The third-order valence-corrected chi connectivity index (χ3v) is 2.08. The van der Waals surface area contributed by atoms with Gasteiger partial charge in [-0.2, -0.15) is 0 Å². The molecule has 0 aliphatic carbocycles. The average molecular weight is 153 g/mol. The summed E-state index contributed by atoms with van der Waals surface area (Å²) in [5, 5.41) is 2.99. The lowest BCUT2D eigenvalue weighted by molar-refractivity contribution is 0.600. The molecule has 0 amide bonds. The molecule has 0 atom stereocenters. The van der Waals surface area contributed by atoms with E-state index in [2.05, 4.69) is 5.32 Å². The molecule has 0 saturated heterocycles. The third kappa shape index (κ3) is 0.785. The average Bonchev–Trinajstić information content (AvgIpc) is 2.54. The van der Waals surface area contributed by atoms with Gasteiger partial charge < -0.3 is 5.32 Å². The van der Waals surface area contributed by atoms with E-state index in [-0.39, 0.29) is 5.56 Å². The van der Waals surface area contributed by atoms with Gasteiger partial charge >= 0.3 is 0 Å². The summed E-state index contributed by atoms with van der Waals surface area (Å²) in [5.74, 6) is 0.924.